The van der Waals surface area contributed by atoms with Crippen molar-refractivity contribution < 1.29 is 4.42 Å². The normalized spacial score (nSPS) is 10.9. The van der Waals surface area contributed by atoms with Crippen LogP contribution in [0, 0.1) is 13.8 Å². The Hall–Kier alpha value is -2.16. The molecule has 2 heterocycles. The topological polar surface area (TPSA) is 38.9 Å². The van der Waals surface area contributed by atoms with E-state index < -0.39 is 0 Å². The number of oxazole rings is 1. The Bertz CT molecular complexity index is 668. The van der Waals surface area contributed by atoms with Gasteiger partial charge < -0.3 is 4.42 Å². The summed E-state index contributed by atoms with van der Waals surface area (Å²) in [6, 6.07) is 10.3. The van der Waals surface area contributed by atoms with Gasteiger partial charge in [-0.1, -0.05) is 29.8 Å². The Morgan fingerprint density at radius 3 is 2.53 bits per heavy atom. The first-order valence-corrected chi connectivity index (χ1v) is 5.52. The molecule has 0 N–H and O–H groups in total. The standard InChI is InChI=1S/C14H12N2O/c1-9-3-5-11(6-4-9)12-7-13-14(15-8-12)16-10(2)17-13/h3-8H,1-2H3. The SMILES string of the molecule is Cc1ccc(-c2cnc3nc(C)oc3c2)cc1. The van der Waals surface area contributed by atoms with E-state index in [2.05, 4.69) is 41.2 Å². The van der Waals surface area contributed by atoms with Crippen LogP contribution in [0.4, 0.5) is 0 Å². The maximum atomic E-state index is 5.48. The van der Waals surface area contributed by atoms with E-state index in [4.69, 9.17) is 4.42 Å². The molecule has 0 radical (unpaired) electrons. The lowest BCUT2D eigenvalue weighted by atomic mass is 10.1. The minimum absolute atomic E-state index is 0.647. The third-order valence-electron chi connectivity index (χ3n) is 2.74. The molecular formula is C14H12N2O. The molecule has 17 heavy (non-hydrogen) atoms. The number of nitrogens with zero attached hydrogens (tertiary/aromatic N) is 2. The lowest BCUT2D eigenvalue weighted by Gasteiger charge is -2.00. The predicted molar refractivity (Wildman–Crippen MR) is 66.7 cm³/mol. The highest BCUT2D eigenvalue weighted by Gasteiger charge is 2.05. The van der Waals surface area contributed by atoms with Crippen molar-refractivity contribution in [3.8, 4) is 11.1 Å². The Balaban J connectivity index is 2.13. The van der Waals surface area contributed by atoms with Crippen LogP contribution in [0.25, 0.3) is 22.4 Å². The smallest absolute Gasteiger partial charge is 0.198 e. The summed E-state index contributed by atoms with van der Waals surface area (Å²) in [6.45, 7) is 3.90. The van der Waals surface area contributed by atoms with E-state index in [0.717, 1.165) is 16.7 Å². The fraction of sp³-hybridized carbons (Fsp3) is 0.143. The average Bonchev–Trinajstić information content (AvgIpc) is 2.69. The molecule has 3 aromatic rings. The largest absolute Gasteiger partial charge is 0.439 e. The lowest BCUT2D eigenvalue weighted by molar-refractivity contribution is 0.561. The lowest BCUT2D eigenvalue weighted by Crippen LogP contribution is -1.82. The number of hydrogen-bond donors (Lipinski definition) is 0. The summed E-state index contributed by atoms with van der Waals surface area (Å²) in [5, 5.41) is 0. The Morgan fingerprint density at radius 1 is 1.00 bits per heavy atom. The zero-order valence-electron chi connectivity index (χ0n) is 9.77. The van der Waals surface area contributed by atoms with Crippen LogP contribution in [-0.2, 0) is 0 Å². The van der Waals surface area contributed by atoms with Crippen LogP contribution < -0.4 is 0 Å². The van der Waals surface area contributed by atoms with Gasteiger partial charge in [0.2, 0.25) is 0 Å². The summed E-state index contributed by atoms with van der Waals surface area (Å²) < 4.78 is 5.48. The number of benzene rings is 1. The molecule has 0 saturated heterocycles. The third kappa shape index (κ3) is 1.80. The van der Waals surface area contributed by atoms with E-state index in [-0.39, 0.29) is 0 Å². The highest BCUT2D eigenvalue weighted by atomic mass is 16.3. The Morgan fingerprint density at radius 2 is 1.76 bits per heavy atom. The van der Waals surface area contributed by atoms with Gasteiger partial charge >= 0.3 is 0 Å². The molecular weight excluding hydrogens is 212 g/mol. The molecule has 3 rings (SSSR count). The average molecular weight is 224 g/mol. The number of pyridine rings is 1. The fourth-order valence-corrected chi connectivity index (χ4v) is 1.83. The predicted octanol–water partition coefficient (Wildman–Crippen LogP) is 3.51. The molecule has 1 aromatic carbocycles. The van der Waals surface area contributed by atoms with E-state index in [1.165, 1.54) is 5.56 Å². The molecule has 2 aromatic heterocycles. The molecule has 0 bridgehead atoms. The van der Waals surface area contributed by atoms with Crippen molar-refractivity contribution in [1.82, 2.24) is 9.97 Å². The quantitative estimate of drug-likeness (QED) is 0.635. The maximum absolute atomic E-state index is 5.48. The van der Waals surface area contributed by atoms with E-state index in [1.54, 1.807) is 0 Å². The zero-order valence-corrected chi connectivity index (χ0v) is 9.77. The Labute approximate surface area is 99.1 Å². The first-order chi connectivity index (χ1) is 8.22. The summed E-state index contributed by atoms with van der Waals surface area (Å²) in [5.41, 5.74) is 4.84. The number of aromatic nitrogens is 2. The van der Waals surface area contributed by atoms with Crippen LogP contribution in [0.1, 0.15) is 11.5 Å². The maximum Gasteiger partial charge on any atom is 0.198 e. The number of hydrogen-bond acceptors (Lipinski definition) is 3. The van der Waals surface area contributed by atoms with Crippen LogP contribution in [-0.4, -0.2) is 9.97 Å². The molecule has 0 amide bonds. The fourth-order valence-electron chi connectivity index (χ4n) is 1.83. The van der Waals surface area contributed by atoms with Gasteiger partial charge in [-0.2, -0.15) is 4.98 Å². The number of fused-ring (bicyclic) bond motifs is 1. The van der Waals surface area contributed by atoms with Gasteiger partial charge in [-0.05, 0) is 18.6 Å². The van der Waals surface area contributed by atoms with Crippen molar-refractivity contribution >= 4 is 11.2 Å². The van der Waals surface area contributed by atoms with Crippen molar-refractivity contribution in [2.75, 3.05) is 0 Å². The van der Waals surface area contributed by atoms with Crippen molar-refractivity contribution in [2.45, 2.75) is 13.8 Å². The monoisotopic (exact) mass is 224 g/mol. The highest BCUT2D eigenvalue weighted by molar-refractivity contribution is 5.76. The van der Waals surface area contributed by atoms with Gasteiger partial charge in [-0.3, -0.25) is 0 Å². The molecule has 0 saturated carbocycles. The first kappa shape index (κ1) is 10.0. The molecule has 0 aliphatic carbocycles. The second kappa shape index (κ2) is 3.70. The first-order valence-electron chi connectivity index (χ1n) is 5.52. The van der Waals surface area contributed by atoms with Gasteiger partial charge in [0, 0.05) is 18.7 Å². The van der Waals surface area contributed by atoms with Crippen LogP contribution in [0.2, 0.25) is 0 Å². The molecule has 84 valence electrons. The molecule has 0 unspecified atom stereocenters. The molecule has 0 aliphatic rings. The second-order valence-corrected chi connectivity index (χ2v) is 4.14. The van der Waals surface area contributed by atoms with Crippen LogP contribution in [0.5, 0.6) is 0 Å². The molecule has 3 nitrogen and oxygen atoms in total. The second-order valence-electron chi connectivity index (χ2n) is 4.14. The van der Waals surface area contributed by atoms with Crippen LogP contribution in [0.3, 0.4) is 0 Å². The minimum Gasteiger partial charge on any atom is -0.439 e. The summed E-state index contributed by atoms with van der Waals surface area (Å²) >= 11 is 0. The van der Waals surface area contributed by atoms with Crippen molar-refractivity contribution in [3.63, 3.8) is 0 Å². The van der Waals surface area contributed by atoms with E-state index in [1.807, 2.05) is 19.2 Å². The number of rotatable bonds is 1. The summed E-state index contributed by atoms with van der Waals surface area (Å²) in [5.74, 6) is 0.647. The molecule has 0 spiro atoms. The summed E-state index contributed by atoms with van der Waals surface area (Å²) in [7, 11) is 0. The van der Waals surface area contributed by atoms with E-state index in [0.29, 0.717) is 11.5 Å². The van der Waals surface area contributed by atoms with E-state index in [9.17, 15) is 0 Å². The van der Waals surface area contributed by atoms with Gasteiger partial charge in [0.25, 0.3) is 0 Å². The molecule has 3 heteroatoms. The molecule has 0 aliphatic heterocycles. The van der Waals surface area contributed by atoms with Gasteiger partial charge in [0.1, 0.15) is 0 Å². The van der Waals surface area contributed by atoms with Crippen molar-refractivity contribution in [3.05, 3.63) is 48.0 Å². The zero-order chi connectivity index (χ0) is 11.8. The highest BCUT2D eigenvalue weighted by Crippen LogP contribution is 2.23. The minimum atomic E-state index is 0.647. The van der Waals surface area contributed by atoms with Crippen molar-refractivity contribution in [1.29, 1.82) is 0 Å². The van der Waals surface area contributed by atoms with E-state index >= 15 is 0 Å². The van der Waals surface area contributed by atoms with Gasteiger partial charge in [-0.15, -0.1) is 0 Å². The van der Waals surface area contributed by atoms with Gasteiger partial charge in [-0.25, -0.2) is 4.98 Å². The van der Waals surface area contributed by atoms with Gasteiger partial charge in [0.05, 0.1) is 0 Å². The summed E-state index contributed by atoms with van der Waals surface area (Å²) in [6.07, 6.45) is 1.83. The van der Waals surface area contributed by atoms with Gasteiger partial charge in [0.15, 0.2) is 17.1 Å². The van der Waals surface area contributed by atoms with Crippen molar-refractivity contribution in [2.24, 2.45) is 0 Å². The van der Waals surface area contributed by atoms with Crippen LogP contribution in [0.15, 0.2) is 40.9 Å². The number of aryl methyl sites for hydroxylation is 2. The molecule has 0 atom stereocenters. The third-order valence-corrected chi connectivity index (χ3v) is 2.74. The molecule has 0 fully saturated rings. The van der Waals surface area contributed by atoms with Crippen LogP contribution >= 0.6 is 0 Å². The summed E-state index contributed by atoms with van der Waals surface area (Å²) in [4.78, 5) is 8.48. The Kier molecular flexibility index (Phi) is 2.18.